The lowest BCUT2D eigenvalue weighted by Crippen LogP contribution is -2.08. The second kappa shape index (κ2) is 5.32. The summed E-state index contributed by atoms with van der Waals surface area (Å²) in [5.74, 6) is 2.43. The Bertz CT molecular complexity index is 711. The number of imidazole rings is 1. The molecule has 0 radical (unpaired) electrons. The highest BCUT2D eigenvalue weighted by molar-refractivity contribution is 6.17. The van der Waals surface area contributed by atoms with Crippen LogP contribution in [0.4, 0.5) is 0 Å². The van der Waals surface area contributed by atoms with E-state index in [1.807, 2.05) is 23.9 Å². The van der Waals surface area contributed by atoms with Crippen LogP contribution in [0.2, 0.25) is 0 Å². The highest BCUT2D eigenvalue weighted by Gasteiger charge is 2.18. The van der Waals surface area contributed by atoms with Gasteiger partial charge >= 0.3 is 0 Å². The fraction of sp³-hybridized carbons (Fsp3) is 0.429. The van der Waals surface area contributed by atoms with Crippen molar-refractivity contribution in [3.8, 4) is 0 Å². The van der Waals surface area contributed by atoms with Crippen LogP contribution in [0.3, 0.4) is 0 Å². The summed E-state index contributed by atoms with van der Waals surface area (Å²) >= 11 is 5.90. The first-order valence-electron chi connectivity index (χ1n) is 6.74. The molecule has 0 saturated carbocycles. The van der Waals surface area contributed by atoms with Crippen molar-refractivity contribution in [1.82, 2.24) is 19.3 Å². The Morgan fingerprint density at radius 3 is 2.90 bits per heavy atom. The van der Waals surface area contributed by atoms with E-state index in [0.717, 1.165) is 41.3 Å². The van der Waals surface area contributed by atoms with Gasteiger partial charge in [0.05, 0.1) is 18.5 Å². The first-order chi connectivity index (χ1) is 9.74. The van der Waals surface area contributed by atoms with Gasteiger partial charge in [-0.1, -0.05) is 6.92 Å². The lowest BCUT2D eigenvalue weighted by atomic mass is 10.3. The molecule has 5 nitrogen and oxygen atoms in total. The van der Waals surface area contributed by atoms with E-state index >= 15 is 0 Å². The molecule has 0 N–H and O–H groups in total. The van der Waals surface area contributed by atoms with E-state index in [9.17, 15) is 0 Å². The zero-order valence-corrected chi connectivity index (χ0v) is 12.4. The minimum atomic E-state index is 0.552. The molecule has 106 valence electrons. The minimum absolute atomic E-state index is 0.552. The molecule has 0 saturated heterocycles. The predicted molar refractivity (Wildman–Crippen MR) is 78.1 cm³/mol. The van der Waals surface area contributed by atoms with Crippen LogP contribution in [0.15, 0.2) is 22.8 Å². The summed E-state index contributed by atoms with van der Waals surface area (Å²) in [7, 11) is 1.95. The standard InChI is InChI=1S/C14H17ClN4O/c1-3-11-13-14(18(2)17-11)19(12(16-13)6-7-15)9-10-5-4-8-20-10/h4-5,8H,3,6-7,9H2,1-2H3. The second-order valence-corrected chi connectivity index (χ2v) is 5.11. The number of alkyl halides is 1. The molecule has 3 aromatic rings. The van der Waals surface area contributed by atoms with Crippen LogP contribution in [-0.4, -0.2) is 25.2 Å². The van der Waals surface area contributed by atoms with Crippen LogP contribution < -0.4 is 0 Å². The van der Waals surface area contributed by atoms with Crippen molar-refractivity contribution < 1.29 is 4.42 Å². The van der Waals surface area contributed by atoms with Gasteiger partial charge in [0.2, 0.25) is 0 Å². The summed E-state index contributed by atoms with van der Waals surface area (Å²) in [4.78, 5) is 4.73. The Morgan fingerprint density at radius 1 is 1.40 bits per heavy atom. The van der Waals surface area contributed by atoms with Crippen molar-refractivity contribution in [1.29, 1.82) is 0 Å². The quantitative estimate of drug-likeness (QED) is 0.679. The van der Waals surface area contributed by atoms with E-state index in [2.05, 4.69) is 16.6 Å². The fourth-order valence-electron chi connectivity index (χ4n) is 2.52. The molecular formula is C14H17ClN4O. The van der Waals surface area contributed by atoms with Crippen LogP contribution >= 0.6 is 11.6 Å². The monoisotopic (exact) mass is 292 g/mol. The Morgan fingerprint density at radius 2 is 2.25 bits per heavy atom. The van der Waals surface area contributed by atoms with Crippen molar-refractivity contribution in [3.63, 3.8) is 0 Å². The second-order valence-electron chi connectivity index (χ2n) is 4.73. The molecule has 3 heterocycles. The van der Waals surface area contributed by atoms with Crippen LogP contribution in [-0.2, 0) is 26.4 Å². The minimum Gasteiger partial charge on any atom is -0.467 e. The van der Waals surface area contributed by atoms with E-state index in [1.54, 1.807) is 6.26 Å². The molecule has 0 aromatic carbocycles. The van der Waals surface area contributed by atoms with Gasteiger partial charge in [-0.05, 0) is 18.6 Å². The lowest BCUT2D eigenvalue weighted by Gasteiger charge is -2.07. The number of halogens is 1. The molecule has 6 heteroatoms. The first kappa shape index (κ1) is 13.2. The third-order valence-corrected chi connectivity index (χ3v) is 3.61. The molecule has 0 fully saturated rings. The number of nitrogens with zero attached hydrogens (tertiary/aromatic N) is 4. The number of furan rings is 1. The van der Waals surface area contributed by atoms with Crippen molar-refractivity contribution in [2.24, 2.45) is 7.05 Å². The number of aryl methyl sites for hydroxylation is 3. The van der Waals surface area contributed by atoms with E-state index in [1.165, 1.54) is 0 Å². The van der Waals surface area contributed by atoms with Crippen molar-refractivity contribution in [3.05, 3.63) is 35.7 Å². The van der Waals surface area contributed by atoms with E-state index in [0.29, 0.717) is 12.4 Å². The van der Waals surface area contributed by atoms with Gasteiger partial charge in [0.25, 0.3) is 0 Å². The van der Waals surface area contributed by atoms with E-state index < -0.39 is 0 Å². The normalized spacial score (nSPS) is 11.6. The van der Waals surface area contributed by atoms with E-state index in [-0.39, 0.29) is 0 Å². The topological polar surface area (TPSA) is 48.8 Å². The molecule has 0 aliphatic rings. The lowest BCUT2D eigenvalue weighted by molar-refractivity contribution is 0.490. The Hall–Kier alpha value is -1.75. The average molecular weight is 293 g/mol. The highest BCUT2D eigenvalue weighted by Crippen LogP contribution is 2.22. The van der Waals surface area contributed by atoms with Gasteiger partial charge in [0.1, 0.15) is 17.1 Å². The van der Waals surface area contributed by atoms with Crippen LogP contribution in [0.1, 0.15) is 24.2 Å². The average Bonchev–Trinajstić information content (AvgIpc) is 3.11. The molecule has 0 amide bonds. The highest BCUT2D eigenvalue weighted by atomic mass is 35.5. The Labute approximate surface area is 122 Å². The Kier molecular flexibility index (Phi) is 3.53. The van der Waals surface area contributed by atoms with Crippen LogP contribution in [0, 0.1) is 0 Å². The maximum atomic E-state index is 5.90. The molecule has 0 unspecified atom stereocenters. The number of aromatic nitrogens is 4. The molecule has 0 atom stereocenters. The smallest absolute Gasteiger partial charge is 0.159 e. The van der Waals surface area contributed by atoms with Crippen LogP contribution in [0.25, 0.3) is 11.2 Å². The van der Waals surface area contributed by atoms with Crippen molar-refractivity contribution in [2.75, 3.05) is 5.88 Å². The third kappa shape index (κ3) is 2.12. The summed E-state index contributed by atoms with van der Waals surface area (Å²) in [6.45, 7) is 2.74. The largest absolute Gasteiger partial charge is 0.467 e. The van der Waals surface area contributed by atoms with Gasteiger partial charge < -0.3 is 8.98 Å². The number of hydrogen-bond donors (Lipinski definition) is 0. The molecule has 20 heavy (non-hydrogen) atoms. The fourth-order valence-corrected chi connectivity index (χ4v) is 2.69. The Balaban J connectivity index is 2.15. The summed E-state index contributed by atoms with van der Waals surface area (Å²) in [5, 5.41) is 4.53. The molecule has 0 spiro atoms. The van der Waals surface area contributed by atoms with Gasteiger partial charge in [-0.25, -0.2) is 4.98 Å². The molecular weight excluding hydrogens is 276 g/mol. The molecule has 0 aliphatic heterocycles. The first-order valence-corrected chi connectivity index (χ1v) is 7.27. The summed E-state index contributed by atoms with van der Waals surface area (Å²) < 4.78 is 9.48. The summed E-state index contributed by atoms with van der Waals surface area (Å²) in [6, 6.07) is 3.86. The molecule has 3 rings (SSSR count). The van der Waals surface area contributed by atoms with Crippen LogP contribution in [0.5, 0.6) is 0 Å². The summed E-state index contributed by atoms with van der Waals surface area (Å²) in [5.41, 5.74) is 3.02. The maximum absolute atomic E-state index is 5.90. The van der Waals surface area contributed by atoms with Crippen molar-refractivity contribution >= 4 is 22.8 Å². The molecule has 3 aromatic heterocycles. The predicted octanol–water partition coefficient (Wildman–Crippen LogP) is 2.75. The van der Waals surface area contributed by atoms with Gasteiger partial charge in [-0.2, -0.15) is 5.10 Å². The van der Waals surface area contributed by atoms with Gasteiger partial charge in [-0.15, -0.1) is 11.6 Å². The number of rotatable bonds is 5. The van der Waals surface area contributed by atoms with Crippen molar-refractivity contribution in [2.45, 2.75) is 26.3 Å². The number of fused-ring (bicyclic) bond motifs is 1. The van der Waals surface area contributed by atoms with Gasteiger partial charge in [-0.3, -0.25) is 4.68 Å². The SMILES string of the molecule is CCc1nn(C)c2c1nc(CCCl)n2Cc1ccco1. The van der Waals surface area contributed by atoms with E-state index in [4.69, 9.17) is 21.0 Å². The zero-order chi connectivity index (χ0) is 14.1. The molecule has 0 bridgehead atoms. The third-order valence-electron chi connectivity index (χ3n) is 3.42. The summed E-state index contributed by atoms with van der Waals surface area (Å²) in [6.07, 6.45) is 3.29. The molecule has 0 aliphatic carbocycles. The van der Waals surface area contributed by atoms with Gasteiger partial charge in [0, 0.05) is 19.3 Å². The zero-order valence-electron chi connectivity index (χ0n) is 11.6. The maximum Gasteiger partial charge on any atom is 0.159 e. The van der Waals surface area contributed by atoms with Gasteiger partial charge in [0.15, 0.2) is 5.65 Å². The number of hydrogen-bond acceptors (Lipinski definition) is 3.